The summed E-state index contributed by atoms with van der Waals surface area (Å²) < 4.78 is 0. The summed E-state index contributed by atoms with van der Waals surface area (Å²) in [6.07, 6.45) is 18.0. The van der Waals surface area contributed by atoms with Crippen molar-refractivity contribution in [2.24, 2.45) is 0 Å². The van der Waals surface area contributed by atoms with Gasteiger partial charge in [0.2, 0.25) is 0 Å². The fourth-order valence-corrected chi connectivity index (χ4v) is 2.95. The Bertz CT molecular complexity index is 210. The van der Waals surface area contributed by atoms with Gasteiger partial charge in [0.05, 0.1) is 0 Å². The highest BCUT2D eigenvalue weighted by atomic mass is 79.9. The van der Waals surface area contributed by atoms with Gasteiger partial charge in [-0.05, 0) is 33.2 Å². The monoisotopic (exact) mass is 397 g/mol. The largest absolute Gasteiger partial charge is 0.312 e. The molecule has 0 heterocycles. The molecule has 0 rings (SSSR count). The number of unbranched alkanes of at least 4 members (excludes halogenated alkanes) is 10. The molecule has 3 heteroatoms. The Kier molecular flexibility index (Phi) is 20.5. The van der Waals surface area contributed by atoms with E-state index in [1.165, 1.54) is 77.0 Å². The quantitative estimate of drug-likeness (QED) is 0.213. The Hall–Kier alpha value is 0.730. The number of hydrogen-bond donors (Lipinski definition) is 1. The van der Waals surface area contributed by atoms with Crippen LogP contribution in [0.15, 0.2) is 0 Å². The smallest absolute Gasteiger partial charge is 0.0235 e. The Morgan fingerprint density at radius 2 is 1.18 bits per heavy atom. The molecule has 0 radical (unpaired) electrons. The lowest BCUT2D eigenvalue weighted by atomic mass is 9.95. The zero-order chi connectivity index (χ0) is 15.8. The third-order valence-electron chi connectivity index (χ3n) is 4.32. The normalized spacial score (nSPS) is 11.5. The lowest BCUT2D eigenvalue weighted by Crippen LogP contribution is -2.39. The maximum atomic E-state index is 5.71. The Morgan fingerprint density at radius 3 is 1.64 bits per heavy atom. The highest BCUT2D eigenvalue weighted by Gasteiger charge is 2.15. The first-order chi connectivity index (χ1) is 10.1. The van der Waals surface area contributed by atoms with E-state index in [9.17, 15) is 0 Å². The molecule has 0 saturated carbocycles. The maximum Gasteiger partial charge on any atom is 0.0235 e. The first-order valence-electron chi connectivity index (χ1n) is 9.43. The van der Waals surface area contributed by atoms with Gasteiger partial charge in [0, 0.05) is 11.4 Å². The fraction of sp³-hybridized carbons (Fsp3) is 1.00. The van der Waals surface area contributed by atoms with Crippen molar-refractivity contribution in [1.82, 2.24) is 5.32 Å². The first kappa shape index (κ1) is 25.0. The van der Waals surface area contributed by atoms with E-state index in [2.05, 4.69) is 26.1 Å². The van der Waals surface area contributed by atoms with E-state index in [0.717, 1.165) is 18.8 Å². The number of hydrogen-bond acceptors (Lipinski definition) is 1. The third kappa shape index (κ3) is 18.8. The molecule has 22 heavy (non-hydrogen) atoms. The zero-order valence-corrected chi connectivity index (χ0v) is 17.9. The van der Waals surface area contributed by atoms with Crippen molar-refractivity contribution in [3.8, 4) is 0 Å². The standard InChI is InChI=1S/C19H40ClN.BrH/c1-4-5-6-7-8-9-10-11-12-13-14-16-19(2,3)21-18-15-17-20;/h21H,4-18H2,1-3H3;1H. The van der Waals surface area contributed by atoms with Crippen LogP contribution in [0.1, 0.15) is 104 Å². The minimum absolute atomic E-state index is 0. The summed E-state index contributed by atoms with van der Waals surface area (Å²) in [5.74, 6) is 0.765. The highest BCUT2D eigenvalue weighted by molar-refractivity contribution is 8.93. The van der Waals surface area contributed by atoms with Crippen molar-refractivity contribution in [3.05, 3.63) is 0 Å². The molecule has 1 N–H and O–H groups in total. The average Bonchev–Trinajstić information content (AvgIpc) is 2.45. The summed E-state index contributed by atoms with van der Waals surface area (Å²) in [7, 11) is 0. The number of rotatable bonds is 16. The minimum Gasteiger partial charge on any atom is -0.312 e. The molecule has 0 aliphatic carbocycles. The van der Waals surface area contributed by atoms with Crippen molar-refractivity contribution < 1.29 is 0 Å². The van der Waals surface area contributed by atoms with Crippen LogP contribution in [-0.2, 0) is 0 Å². The minimum atomic E-state index is 0. The molecule has 0 aliphatic heterocycles. The summed E-state index contributed by atoms with van der Waals surface area (Å²) >= 11 is 5.71. The summed E-state index contributed by atoms with van der Waals surface area (Å²) in [4.78, 5) is 0. The lowest BCUT2D eigenvalue weighted by molar-refractivity contribution is 0.348. The van der Waals surface area contributed by atoms with E-state index in [1.807, 2.05) is 0 Å². The van der Waals surface area contributed by atoms with Gasteiger partial charge >= 0.3 is 0 Å². The van der Waals surface area contributed by atoms with E-state index in [1.54, 1.807) is 0 Å². The molecule has 0 fully saturated rings. The van der Waals surface area contributed by atoms with Gasteiger partial charge in [-0.2, -0.15) is 0 Å². The predicted molar refractivity (Wildman–Crippen MR) is 109 cm³/mol. The fourth-order valence-electron chi connectivity index (χ4n) is 2.81. The molecule has 0 atom stereocenters. The molecular formula is C19H41BrClN. The topological polar surface area (TPSA) is 12.0 Å². The van der Waals surface area contributed by atoms with Crippen LogP contribution in [0.2, 0.25) is 0 Å². The van der Waals surface area contributed by atoms with Crippen LogP contribution in [-0.4, -0.2) is 18.0 Å². The van der Waals surface area contributed by atoms with Crippen LogP contribution in [0.4, 0.5) is 0 Å². The second-order valence-corrected chi connectivity index (χ2v) is 7.52. The van der Waals surface area contributed by atoms with Crippen LogP contribution >= 0.6 is 28.6 Å². The molecule has 0 aromatic heterocycles. The van der Waals surface area contributed by atoms with Gasteiger partial charge in [-0.3, -0.25) is 0 Å². The molecular weight excluding hydrogens is 358 g/mol. The van der Waals surface area contributed by atoms with Crippen LogP contribution in [0.25, 0.3) is 0 Å². The second-order valence-electron chi connectivity index (χ2n) is 7.14. The maximum absolute atomic E-state index is 5.71. The first-order valence-corrected chi connectivity index (χ1v) is 9.97. The second kappa shape index (κ2) is 18.1. The van der Waals surface area contributed by atoms with Crippen molar-refractivity contribution >= 4 is 28.6 Å². The Morgan fingerprint density at radius 1 is 0.727 bits per heavy atom. The summed E-state index contributed by atoms with van der Waals surface area (Å²) in [6, 6.07) is 0. The summed E-state index contributed by atoms with van der Waals surface area (Å²) in [6.45, 7) is 7.97. The van der Waals surface area contributed by atoms with Crippen LogP contribution in [0.5, 0.6) is 0 Å². The van der Waals surface area contributed by atoms with E-state index in [0.29, 0.717) is 0 Å². The van der Waals surface area contributed by atoms with Gasteiger partial charge in [-0.25, -0.2) is 0 Å². The number of nitrogens with one attached hydrogen (secondary N) is 1. The van der Waals surface area contributed by atoms with Gasteiger partial charge in [-0.15, -0.1) is 28.6 Å². The Balaban J connectivity index is 0. The number of halogens is 2. The predicted octanol–water partition coefficient (Wildman–Crippen LogP) is 7.26. The summed E-state index contributed by atoms with van der Waals surface area (Å²) in [5.41, 5.74) is 0.283. The molecule has 136 valence electrons. The van der Waals surface area contributed by atoms with Gasteiger partial charge in [-0.1, -0.05) is 77.6 Å². The van der Waals surface area contributed by atoms with E-state index in [4.69, 9.17) is 11.6 Å². The molecule has 1 nitrogen and oxygen atoms in total. The Labute approximate surface area is 156 Å². The van der Waals surface area contributed by atoms with Crippen molar-refractivity contribution in [2.45, 2.75) is 110 Å². The third-order valence-corrected chi connectivity index (χ3v) is 4.59. The van der Waals surface area contributed by atoms with Crippen LogP contribution in [0, 0.1) is 0 Å². The number of alkyl halides is 1. The van der Waals surface area contributed by atoms with E-state index >= 15 is 0 Å². The van der Waals surface area contributed by atoms with Gasteiger partial charge < -0.3 is 5.32 Å². The molecule has 0 aromatic carbocycles. The molecule has 0 bridgehead atoms. The van der Waals surface area contributed by atoms with E-state index in [-0.39, 0.29) is 22.5 Å². The molecule has 0 unspecified atom stereocenters. The van der Waals surface area contributed by atoms with Crippen molar-refractivity contribution in [3.63, 3.8) is 0 Å². The lowest BCUT2D eigenvalue weighted by Gasteiger charge is -2.26. The molecule has 0 aliphatic rings. The molecule has 0 aromatic rings. The van der Waals surface area contributed by atoms with E-state index < -0.39 is 0 Å². The average molecular weight is 399 g/mol. The molecule has 0 saturated heterocycles. The highest BCUT2D eigenvalue weighted by Crippen LogP contribution is 2.16. The van der Waals surface area contributed by atoms with Crippen LogP contribution < -0.4 is 5.32 Å². The SMILES string of the molecule is Br.CCCCCCCCCCCCCC(C)(C)NCCCCl. The van der Waals surface area contributed by atoms with Crippen LogP contribution in [0.3, 0.4) is 0 Å². The van der Waals surface area contributed by atoms with Crippen molar-refractivity contribution in [2.75, 3.05) is 12.4 Å². The zero-order valence-electron chi connectivity index (χ0n) is 15.4. The van der Waals surface area contributed by atoms with Crippen molar-refractivity contribution in [1.29, 1.82) is 0 Å². The van der Waals surface area contributed by atoms with Gasteiger partial charge in [0.15, 0.2) is 0 Å². The summed E-state index contributed by atoms with van der Waals surface area (Å²) in [5, 5.41) is 3.61. The molecule has 0 amide bonds. The molecule has 0 spiro atoms. The van der Waals surface area contributed by atoms with Gasteiger partial charge in [0.25, 0.3) is 0 Å². The van der Waals surface area contributed by atoms with Gasteiger partial charge in [0.1, 0.15) is 0 Å².